The zero-order valence-corrected chi connectivity index (χ0v) is 21.9. The molecule has 0 saturated heterocycles. The third-order valence-electron chi connectivity index (χ3n) is 6.65. The van der Waals surface area contributed by atoms with Crippen LogP contribution in [0.25, 0.3) is 0 Å². The Morgan fingerprint density at radius 3 is 1.40 bits per heavy atom. The summed E-state index contributed by atoms with van der Waals surface area (Å²) < 4.78 is 5.41. The van der Waals surface area contributed by atoms with Crippen LogP contribution in [-0.4, -0.2) is 18.4 Å². The van der Waals surface area contributed by atoms with E-state index < -0.39 is 0 Å². The molecule has 0 atom stereocenters. The van der Waals surface area contributed by atoms with E-state index in [0.29, 0.717) is 23.3 Å². The smallest absolute Gasteiger partial charge is 0.338 e. The first kappa shape index (κ1) is 28.8. The minimum atomic E-state index is -0.315. The summed E-state index contributed by atoms with van der Waals surface area (Å²) in [6, 6.07) is 15.9. The van der Waals surface area contributed by atoms with Gasteiger partial charge in [0.1, 0.15) is 0 Å². The topological polar surface area (TPSA) is 43.4 Å². The van der Waals surface area contributed by atoms with E-state index in [1.54, 1.807) is 36.4 Å². The van der Waals surface area contributed by atoms with Gasteiger partial charge in [0.15, 0.2) is 5.78 Å². The molecule has 2 aromatic carbocycles. The summed E-state index contributed by atoms with van der Waals surface area (Å²) in [6.07, 6.45) is 21.2. The van der Waals surface area contributed by atoms with Crippen molar-refractivity contribution in [1.82, 2.24) is 0 Å². The van der Waals surface area contributed by atoms with E-state index in [0.717, 1.165) is 12.8 Å². The molecule has 0 N–H and O–H groups in total. The van der Waals surface area contributed by atoms with E-state index in [2.05, 4.69) is 6.92 Å². The maximum atomic E-state index is 12.5. The van der Waals surface area contributed by atoms with Gasteiger partial charge in [0, 0.05) is 11.1 Å². The van der Waals surface area contributed by atoms with Crippen LogP contribution in [0.2, 0.25) is 0 Å². The maximum absolute atomic E-state index is 12.5. The Morgan fingerprint density at radius 2 is 0.914 bits per heavy atom. The fourth-order valence-electron chi connectivity index (χ4n) is 4.41. The van der Waals surface area contributed by atoms with Crippen molar-refractivity contribution in [1.29, 1.82) is 0 Å². The number of carbonyl (C=O) groups is 2. The van der Waals surface area contributed by atoms with Crippen LogP contribution in [0.5, 0.6) is 0 Å². The molecule has 2 aromatic rings. The predicted octanol–water partition coefficient (Wildman–Crippen LogP) is 9.34. The first-order chi connectivity index (χ1) is 17.2. The Bertz CT molecular complexity index is 810. The second kappa shape index (κ2) is 18.9. The highest BCUT2D eigenvalue weighted by molar-refractivity contribution is 6.09. The van der Waals surface area contributed by atoms with Gasteiger partial charge in [-0.25, -0.2) is 4.79 Å². The Hall–Kier alpha value is -2.42. The van der Waals surface area contributed by atoms with Crippen LogP contribution in [-0.2, 0) is 4.74 Å². The van der Waals surface area contributed by atoms with Gasteiger partial charge in [-0.2, -0.15) is 0 Å². The molecule has 0 spiro atoms. The molecule has 3 nitrogen and oxygen atoms in total. The average molecular weight is 479 g/mol. The van der Waals surface area contributed by atoms with Gasteiger partial charge < -0.3 is 4.74 Å². The van der Waals surface area contributed by atoms with Crippen molar-refractivity contribution in [2.24, 2.45) is 0 Å². The summed E-state index contributed by atoms with van der Waals surface area (Å²) in [5.41, 5.74) is 1.71. The number of esters is 1. The fraction of sp³-hybridized carbons (Fsp3) is 0.562. The standard InChI is InChI=1S/C32H46O3/c1-2-3-4-5-6-7-8-9-10-11-12-13-14-15-16-20-27-35-32(34)30-25-23-29(24-26-30)31(33)28-21-18-17-19-22-28/h17-19,21-26H,2-16,20,27H2,1H3. The molecule has 0 heterocycles. The van der Waals surface area contributed by atoms with Gasteiger partial charge in [-0.1, -0.05) is 146 Å². The Morgan fingerprint density at radius 1 is 0.514 bits per heavy atom. The normalized spacial score (nSPS) is 10.9. The van der Waals surface area contributed by atoms with Crippen molar-refractivity contribution >= 4 is 11.8 Å². The molecule has 0 radical (unpaired) electrons. The number of carbonyl (C=O) groups excluding carboxylic acids is 2. The van der Waals surface area contributed by atoms with E-state index in [1.807, 2.05) is 18.2 Å². The lowest BCUT2D eigenvalue weighted by molar-refractivity contribution is 0.0497. The monoisotopic (exact) mass is 478 g/mol. The van der Waals surface area contributed by atoms with E-state index >= 15 is 0 Å². The van der Waals surface area contributed by atoms with Gasteiger partial charge in [0.2, 0.25) is 0 Å². The third-order valence-corrected chi connectivity index (χ3v) is 6.65. The highest BCUT2D eigenvalue weighted by Gasteiger charge is 2.11. The molecule has 0 fully saturated rings. The molecular formula is C32H46O3. The molecule has 0 saturated carbocycles. The van der Waals surface area contributed by atoms with E-state index in [4.69, 9.17) is 4.74 Å². The molecule has 35 heavy (non-hydrogen) atoms. The zero-order valence-electron chi connectivity index (χ0n) is 21.9. The lowest BCUT2D eigenvalue weighted by atomic mass is 10.0. The maximum Gasteiger partial charge on any atom is 0.338 e. The van der Waals surface area contributed by atoms with Crippen LogP contribution in [0.1, 0.15) is 136 Å². The van der Waals surface area contributed by atoms with Crippen molar-refractivity contribution in [2.75, 3.05) is 6.61 Å². The van der Waals surface area contributed by atoms with Crippen molar-refractivity contribution in [3.05, 3.63) is 71.3 Å². The highest BCUT2D eigenvalue weighted by atomic mass is 16.5. The number of unbranched alkanes of at least 4 members (excludes halogenated alkanes) is 15. The van der Waals surface area contributed by atoms with Crippen LogP contribution < -0.4 is 0 Å². The number of hydrogen-bond acceptors (Lipinski definition) is 3. The number of benzene rings is 2. The van der Waals surface area contributed by atoms with Crippen LogP contribution in [0.4, 0.5) is 0 Å². The Labute approximate surface area is 213 Å². The van der Waals surface area contributed by atoms with Gasteiger partial charge in [-0.3, -0.25) is 4.79 Å². The summed E-state index contributed by atoms with van der Waals surface area (Å²) >= 11 is 0. The molecule has 192 valence electrons. The van der Waals surface area contributed by atoms with Gasteiger partial charge in [-0.15, -0.1) is 0 Å². The molecule has 2 rings (SSSR count). The second-order valence-electron chi connectivity index (χ2n) is 9.71. The molecular weight excluding hydrogens is 432 g/mol. The van der Waals surface area contributed by atoms with Crippen molar-refractivity contribution < 1.29 is 14.3 Å². The van der Waals surface area contributed by atoms with Crippen molar-refractivity contribution in [3.63, 3.8) is 0 Å². The minimum absolute atomic E-state index is 0.0429. The molecule has 0 aromatic heterocycles. The average Bonchev–Trinajstić information content (AvgIpc) is 2.90. The van der Waals surface area contributed by atoms with Crippen LogP contribution in [0.3, 0.4) is 0 Å². The predicted molar refractivity (Wildman–Crippen MR) is 146 cm³/mol. The summed E-state index contributed by atoms with van der Waals surface area (Å²) in [7, 11) is 0. The van der Waals surface area contributed by atoms with Gasteiger partial charge >= 0.3 is 5.97 Å². The Balaban J connectivity index is 1.43. The van der Waals surface area contributed by atoms with Crippen LogP contribution in [0, 0.1) is 0 Å². The summed E-state index contributed by atoms with van der Waals surface area (Å²) in [5, 5.41) is 0. The highest BCUT2D eigenvalue weighted by Crippen LogP contribution is 2.15. The lowest BCUT2D eigenvalue weighted by Crippen LogP contribution is -2.07. The van der Waals surface area contributed by atoms with Crippen molar-refractivity contribution in [3.8, 4) is 0 Å². The molecule has 3 heteroatoms. The molecule has 0 aliphatic heterocycles. The minimum Gasteiger partial charge on any atom is -0.462 e. The van der Waals surface area contributed by atoms with Crippen LogP contribution in [0.15, 0.2) is 54.6 Å². The zero-order chi connectivity index (χ0) is 25.0. The van der Waals surface area contributed by atoms with Crippen LogP contribution >= 0.6 is 0 Å². The first-order valence-electron chi connectivity index (χ1n) is 14.1. The summed E-state index contributed by atoms with van der Waals surface area (Å²) in [4.78, 5) is 24.7. The van der Waals surface area contributed by atoms with Gasteiger partial charge in [0.25, 0.3) is 0 Å². The van der Waals surface area contributed by atoms with Crippen molar-refractivity contribution in [2.45, 2.75) is 110 Å². The number of hydrogen-bond donors (Lipinski definition) is 0. The quantitative estimate of drug-likeness (QED) is 0.108. The first-order valence-corrected chi connectivity index (χ1v) is 14.1. The summed E-state index contributed by atoms with van der Waals surface area (Å²) in [6.45, 7) is 2.74. The Kier molecular flexibility index (Phi) is 15.5. The second-order valence-corrected chi connectivity index (χ2v) is 9.71. The number of ketones is 1. The SMILES string of the molecule is CCCCCCCCCCCCCCCCCCOC(=O)c1ccc(C(=O)c2ccccc2)cc1. The molecule has 0 amide bonds. The molecule has 0 aliphatic carbocycles. The number of ether oxygens (including phenoxy) is 1. The fourth-order valence-corrected chi connectivity index (χ4v) is 4.41. The third kappa shape index (κ3) is 12.7. The van der Waals surface area contributed by atoms with Gasteiger partial charge in [0.05, 0.1) is 12.2 Å². The van der Waals surface area contributed by atoms with E-state index in [-0.39, 0.29) is 11.8 Å². The molecule has 0 bridgehead atoms. The molecule has 0 aliphatic rings. The van der Waals surface area contributed by atoms with E-state index in [1.165, 1.54) is 89.9 Å². The van der Waals surface area contributed by atoms with E-state index in [9.17, 15) is 9.59 Å². The lowest BCUT2D eigenvalue weighted by Gasteiger charge is -2.06. The summed E-state index contributed by atoms with van der Waals surface area (Å²) in [5.74, 6) is -0.358. The largest absolute Gasteiger partial charge is 0.462 e. The van der Waals surface area contributed by atoms with Gasteiger partial charge in [-0.05, 0) is 18.6 Å². The number of rotatable bonds is 20. The molecule has 0 unspecified atom stereocenters.